The van der Waals surface area contributed by atoms with Gasteiger partial charge in [-0.3, -0.25) is 4.79 Å². The molecule has 0 spiro atoms. The summed E-state index contributed by atoms with van der Waals surface area (Å²) < 4.78 is 0. The van der Waals surface area contributed by atoms with Gasteiger partial charge in [-0.15, -0.1) is 11.3 Å². The summed E-state index contributed by atoms with van der Waals surface area (Å²) in [5.41, 5.74) is 6.81. The molecule has 0 fully saturated rings. The van der Waals surface area contributed by atoms with Crippen LogP contribution >= 0.6 is 11.3 Å². The van der Waals surface area contributed by atoms with Gasteiger partial charge < -0.3 is 16.2 Å². The fourth-order valence-corrected chi connectivity index (χ4v) is 2.58. The topological polar surface area (TPSA) is 75.3 Å². The van der Waals surface area contributed by atoms with Crippen LogP contribution in [0.15, 0.2) is 41.8 Å². The van der Waals surface area contributed by atoms with Gasteiger partial charge in [-0.1, -0.05) is 18.2 Å². The zero-order chi connectivity index (χ0) is 14.4. The number of benzene rings is 1. The number of rotatable bonds is 6. The Morgan fingerprint density at radius 2 is 2.05 bits per heavy atom. The summed E-state index contributed by atoms with van der Waals surface area (Å²) in [7, 11) is 0. The molecule has 4 nitrogen and oxygen atoms in total. The van der Waals surface area contributed by atoms with Gasteiger partial charge in [0.2, 0.25) is 5.91 Å². The maximum Gasteiger partial charge on any atom is 0.237 e. The number of carbonyl (C=O) groups excluding carboxylic acids is 1. The van der Waals surface area contributed by atoms with E-state index in [1.807, 2.05) is 17.5 Å². The SMILES string of the molecule is N[C@H](Cc1ccc(O)cc1)C(=O)NCCc1cccs1. The van der Waals surface area contributed by atoms with Crippen LogP contribution in [0.2, 0.25) is 0 Å². The molecule has 5 heteroatoms. The van der Waals surface area contributed by atoms with Gasteiger partial charge in [0.25, 0.3) is 0 Å². The van der Waals surface area contributed by atoms with Crippen molar-refractivity contribution in [2.45, 2.75) is 18.9 Å². The van der Waals surface area contributed by atoms with E-state index in [4.69, 9.17) is 5.73 Å². The van der Waals surface area contributed by atoms with Crippen LogP contribution in [0.1, 0.15) is 10.4 Å². The molecule has 0 unspecified atom stereocenters. The number of carbonyl (C=O) groups is 1. The quantitative estimate of drug-likeness (QED) is 0.757. The Balaban J connectivity index is 1.75. The second kappa shape index (κ2) is 7.07. The van der Waals surface area contributed by atoms with Gasteiger partial charge in [-0.2, -0.15) is 0 Å². The van der Waals surface area contributed by atoms with Crippen molar-refractivity contribution in [3.8, 4) is 5.75 Å². The van der Waals surface area contributed by atoms with E-state index in [1.54, 1.807) is 35.6 Å². The molecule has 4 N–H and O–H groups in total. The fourth-order valence-electron chi connectivity index (χ4n) is 1.87. The molecule has 0 radical (unpaired) electrons. The van der Waals surface area contributed by atoms with Crippen LogP contribution in [0.3, 0.4) is 0 Å². The van der Waals surface area contributed by atoms with Gasteiger partial charge in [-0.05, 0) is 42.0 Å². The number of amides is 1. The minimum atomic E-state index is -0.567. The van der Waals surface area contributed by atoms with Crippen molar-refractivity contribution >= 4 is 17.2 Å². The number of aromatic hydroxyl groups is 1. The van der Waals surface area contributed by atoms with E-state index in [-0.39, 0.29) is 11.7 Å². The molecule has 0 saturated heterocycles. The monoisotopic (exact) mass is 290 g/mol. The van der Waals surface area contributed by atoms with Gasteiger partial charge >= 0.3 is 0 Å². The smallest absolute Gasteiger partial charge is 0.237 e. The predicted octanol–water partition coefficient (Wildman–Crippen LogP) is 1.68. The normalized spacial score (nSPS) is 12.1. The highest BCUT2D eigenvalue weighted by atomic mass is 32.1. The highest BCUT2D eigenvalue weighted by Crippen LogP contribution is 2.11. The number of phenolic OH excluding ortho intramolecular Hbond substituents is 1. The van der Waals surface area contributed by atoms with E-state index in [0.29, 0.717) is 13.0 Å². The Kier molecular flexibility index (Phi) is 5.15. The van der Waals surface area contributed by atoms with Gasteiger partial charge in [-0.25, -0.2) is 0 Å². The summed E-state index contributed by atoms with van der Waals surface area (Å²) in [4.78, 5) is 13.1. The Morgan fingerprint density at radius 3 is 2.70 bits per heavy atom. The van der Waals surface area contributed by atoms with Crippen LogP contribution in [0, 0.1) is 0 Å². The molecule has 106 valence electrons. The first-order valence-electron chi connectivity index (χ1n) is 6.49. The molecule has 0 aliphatic heterocycles. The third-order valence-corrected chi connectivity index (χ3v) is 3.92. The molecule has 0 aliphatic rings. The molecule has 1 amide bonds. The maximum absolute atomic E-state index is 11.9. The maximum atomic E-state index is 11.9. The van der Waals surface area contributed by atoms with Crippen molar-refractivity contribution in [1.29, 1.82) is 0 Å². The lowest BCUT2D eigenvalue weighted by Crippen LogP contribution is -2.42. The molecule has 20 heavy (non-hydrogen) atoms. The molecule has 0 bridgehead atoms. The van der Waals surface area contributed by atoms with E-state index in [0.717, 1.165) is 12.0 Å². The first-order chi connectivity index (χ1) is 9.65. The average Bonchev–Trinajstić information content (AvgIpc) is 2.94. The zero-order valence-electron chi connectivity index (χ0n) is 11.1. The summed E-state index contributed by atoms with van der Waals surface area (Å²) in [5, 5.41) is 14.1. The minimum absolute atomic E-state index is 0.144. The van der Waals surface area contributed by atoms with Crippen LogP contribution in [0.4, 0.5) is 0 Å². The molecular formula is C15H18N2O2S. The lowest BCUT2D eigenvalue weighted by atomic mass is 10.1. The van der Waals surface area contributed by atoms with E-state index in [2.05, 4.69) is 5.32 Å². The molecule has 1 aromatic carbocycles. The van der Waals surface area contributed by atoms with Crippen molar-refractivity contribution in [3.63, 3.8) is 0 Å². The summed E-state index contributed by atoms with van der Waals surface area (Å²) >= 11 is 1.68. The van der Waals surface area contributed by atoms with E-state index < -0.39 is 6.04 Å². The zero-order valence-corrected chi connectivity index (χ0v) is 11.9. The highest BCUT2D eigenvalue weighted by molar-refractivity contribution is 7.09. The summed E-state index contributed by atoms with van der Waals surface area (Å²) in [6.07, 6.45) is 1.29. The third kappa shape index (κ3) is 4.36. The first kappa shape index (κ1) is 14.6. The molecule has 2 aromatic rings. The number of nitrogens with two attached hydrogens (primary N) is 1. The van der Waals surface area contributed by atoms with Crippen molar-refractivity contribution < 1.29 is 9.90 Å². The lowest BCUT2D eigenvalue weighted by Gasteiger charge is -2.12. The van der Waals surface area contributed by atoms with Crippen molar-refractivity contribution in [2.24, 2.45) is 5.73 Å². The molecular weight excluding hydrogens is 272 g/mol. The number of nitrogens with one attached hydrogen (secondary N) is 1. The molecule has 2 rings (SSSR count). The van der Waals surface area contributed by atoms with Crippen molar-refractivity contribution in [1.82, 2.24) is 5.32 Å². The molecule has 1 atom stereocenters. The number of phenols is 1. The lowest BCUT2D eigenvalue weighted by molar-refractivity contribution is -0.122. The van der Waals surface area contributed by atoms with Crippen molar-refractivity contribution in [2.75, 3.05) is 6.54 Å². The fraction of sp³-hybridized carbons (Fsp3) is 0.267. The first-order valence-corrected chi connectivity index (χ1v) is 7.36. The highest BCUT2D eigenvalue weighted by Gasteiger charge is 2.13. The average molecular weight is 290 g/mol. The Hall–Kier alpha value is -1.85. The Morgan fingerprint density at radius 1 is 1.30 bits per heavy atom. The van der Waals surface area contributed by atoms with Crippen LogP contribution in [0.5, 0.6) is 5.75 Å². The van der Waals surface area contributed by atoms with E-state index in [1.165, 1.54) is 4.88 Å². The number of thiophene rings is 1. The van der Waals surface area contributed by atoms with Crippen LogP contribution in [0.25, 0.3) is 0 Å². The van der Waals surface area contributed by atoms with E-state index >= 15 is 0 Å². The Labute approximate surface area is 122 Å². The van der Waals surface area contributed by atoms with Crippen LogP contribution in [-0.4, -0.2) is 23.6 Å². The largest absolute Gasteiger partial charge is 0.508 e. The van der Waals surface area contributed by atoms with Crippen LogP contribution in [-0.2, 0) is 17.6 Å². The van der Waals surface area contributed by atoms with Crippen LogP contribution < -0.4 is 11.1 Å². The summed E-state index contributed by atoms with van der Waals surface area (Å²) in [6, 6.07) is 10.2. The molecule has 0 saturated carbocycles. The van der Waals surface area contributed by atoms with Gasteiger partial charge in [0.15, 0.2) is 0 Å². The molecule has 1 aromatic heterocycles. The van der Waals surface area contributed by atoms with Gasteiger partial charge in [0.1, 0.15) is 5.75 Å². The second-order valence-electron chi connectivity index (χ2n) is 4.60. The Bertz CT molecular complexity index is 538. The van der Waals surface area contributed by atoms with Gasteiger partial charge in [0.05, 0.1) is 6.04 Å². The van der Waals surface area contributed by atoms with Gasteiger partial charge in [0, 0.05) is 11.4 Å². The predicted molar refractivity (Wildman–Crippen MR) is 80.8 cm³/mol. The summed E-state index contributed by atoms with van der Waals surface area (Å²) in [5.74, 6) is 0.0670. The summed E-state index contributed by atoms with van der Waals surface area (Å²) in [6.45, 7) is 0.600. The molecule has 1 heterocycles. The molecule has 0 aliphatic carbocycles. The minimum Gasteiger partial charge on any atom is -0.508 e. The third-order valence-electron chi connectivity index (χ3n) is 2.98. The van der Waals surface area contributed by atoms with E-state index in [9.17, 15) is 9.90 Å². The number of hydrogen-bond donors (Lipinski definition) is 3. The number of hydrogen-bond acceptors (Lipinski definition) is 4. The van der Waals surface area contributed by atoms with Crippen molar-refractivity contribution in [3.05, 3.63) is 52.2 Å². The second-order valence-corrected chi connectivity index (χ2v) is 5.63. The standard InChI is InChI=1S/C15H18N2O2S/c16-14(10-11-3-5-12(18)6-4-11)15(19)17-8-7-13-2-1-9-20-13/h1-6,9,14,18H,7-8,10,16H2,(H,17,19)/t14-/m1/s1.